The molecule has 4 aromatic rings. The zero-order valence-electron chi connectivity index (χ0n) is 17.3. The lowest BCUT2D eigenvalue weighted by Crippen LogP contribution is -2.24. The van der Waals surface area contributed by atoms with Gasteiger partial charge in [0.25, 0.3) is 0 Å². The van der Waals surface area contributed by atoms with Crippen LogP contribution >= 0.6 is 23.2 Å². The first-order valence-electron chi connectivity index (χ1n) is 10.5. The number of piperidine rings is 1. The number of fused-ring (bicyclic) bond motifs is 1. The monoisotopic (exact) mass is 458 g/mol. The van der Waals surface area contributed by atoms with E-state index in [0.717, 1.165) is 65.1 Å². The van der Waals surface area contributed by atoms with Gasteiger partial charge in [0.1, 0.15) is 5.82 Å². The van der Waals surface area contributed by atoms with Crippen LogP contribution in [0.3, 0.4) is 0 Å². The standard InChI is InChI=1S/C26H20Cl2N4/c27-21-13-23-24(14-22(21)28)32-26(31-23)25(19-8-10-30-11-9-19)18-6-4-17(5-7-18)20-3-1-2-16(12-20)15-29/h1-7,12-14,30H,8-11H2,(H,31,32). The molecule has 0 amide bonds. The van der Waals surface area contributed by atoms with E-state index in [4.69, 9.17) is 28.2 Å². The summed E-state index contributed by atoms with van der Waals surface area (Å²) in [5.74, 6) is 0.828. The number of H-pyrrole nitrogens is 1. The van der Waals surface area contributed by atoms with Gasteiger partial charge in [0, 0.05) is 5.57 Å². The number of halogens is 2. The highest BCUT2D eigenvalue weighted by molar-refractivity contribution is 6.42. The lowest BCUT2D eigenvalue weighted by molar-refractivity contribution is 0.611. The number of aromatic nitrogens is 2. The Morgan fingerprint density at radius 3 is 2.41 bits per heavy atom. The van der Waals surface area contributed by atoms with Gasteiger partial charge in [-0.15, -0.1) is 0 Å². The number of aromatic amines is 1. The summed E-state index contributed by atoms with van der Waals surface area (Å²) in [5, 5.41) is 13.6. The van der Waals surface area contributed by atoms with Gasteiger partial charge in [-0.1, -0.05) is 65.2 Å². The fraction of sp³-hybridized carbons (Fsp3) is 0.154. The highest BCUT2D eigenvalue weighted by Crippen LogP contribution is 2.34. The summed E-state index contributed by atoms with van der Waals surface area (Å²) in [5.41, 5.74) is 8.04. The summed E-state index contributed by atoms with van der Waals surface area (Å²) in [7, 11) is 0. The number of benzene rings is 3. The number of imidazole rings is 1. The maximum atomic E-state index is 9.20. The van der Waals surface area contributed by atoms with Gasteiger partial charge in [-0.05, 0) is 66.9 Å². The minimum Gasteiger partial charge on any atom is -0.338 e. The number of hydrogen-bond donors (Lipinski definition) is 2. The summed E-state index contributed by atoms with van der Waals surface area (Å²) in [6, 6.07) is 22.0. The van der Waals surface area contributed by atoms with Crippen molar-refractivity contribution in [3.05, 3.63) is 93.2 Å². The first kappa shape index (κ1) is 20.8. The van der Waals surface area contributed by atoms with Crippen LogP contribution in [0.25, 0.3) is 27.7 Å². The van der Waals surface area contributed by atoms with Crippen molar-refractivity contribution >= 4 is 39.8 Å². The molecule has 1 fully saturated rings. The van der Waals surface area contributed by atoms with E-state index in [2.05, 4.69) is 40.6 Å². The van der Waals surface area contributed by atoms with Crippen LogP contribution < -0.4 is 5.32 Å². The fourth-order valence-electron chi connectivity index (χ4n) is 4.21. The first-order chi connectivity index (χ1) is 15.6. The predicted octanol–water partition coefficient (Wildman–Crippen LogP) is 6.59. The summed E-state index contributed by atoms with van der Waals surface area (Å²) in [4.78, 5) is 8.31. The second kappa shape index (κ2) is 8.80. The lowest BCUT2D eigenvalue weighted by Gasteiger charge is -2.20. The van der Waals surface area contributed by atoms with E-state index >= 15 is 0 Å². The van der Waals surface area contributed by atoms with Crippen molar-refractivity contribution in [3.8, 4) is 17.2 Å². The molecule has 0 aliphatic carbocycles. The Bertz CT molecular complexity index is 1330. The Morgan fingerprint density at radius 2 is 1.66 bits per heavy atom. The van der Waals surface area contributed by atoms with Gasteiger partial charge in [-0.25, -0.2) is 4.98 Å². The van der Waals surface area contributed by atoms with E-state index in [1.54, 1.807) is 6.07 Å². The van der Waals surface area contributed by atoms with Crippen LogP contribution in [0, 0.1) is 11.3 Å². The molecule has 0 atom stereocenters. The van der Waals surface area contributed by atoms with Crippen molar-refractivity contribution in [2.24, 2.45) is 0 Å². The Labute approximate surface area is 196 Å². The third-order valence-electron chi connectivity index (χ3n) is 5.82. The van der Waals surface area contributed by atoms with Crippen molar-refractivity contribution in [1.29, 1.82) is 5.26 Å². The molecule has 4 nitrogen and oxygen atoms in total. The highest BCUT2D eigenvalue weighted by atomic mass is 35.5. The van der Waals surface area contributed by atoms with Gasteiger partial charge in [0.2, 0.25) is 0 Å². The van der Waals surface area contributed by atoms with Gasteiger partial charge in [-0.3, -0.25) is 0 Å². The van der Waals surface area contributed by atoms with E-state index in [9.17, 15) is 5.26 Å². The molecule has 1 saturated heterocycles. The molecular formula is C26H20Cl2N4. The average molecular weight is 459 g/mol. The van der Waals surface area contributed by atoms with E-state index in [1.807, 2.05) is 30.3 Å². The minimum atomic E-state index is 0.497. The van der Waals surface area contributed by atoms with Crippen LogP contribution in [0.2, 0.25) is 10.0 Å². The van der Waals surface area contributed by atoms with Gasteiger partial charge >= 0.3 is 0 Å². The van der Waals surface area contributed by atoms with Crippen LogP contribution in [-0.4, -0.2) is 23.1 Å². The molecule has 1 aliphatic rings. The number of nitriles is 1. The summed E-state index contributed by atoms with van der Waals surface area (Å²) >= 11 is 12.4. The van der Waals surface area contributed by atoms with Crippen LogP contribution in [0.15, 0.2) is 66.2 Å². The van der Waals surface area contributed by atoms with E-state index in [0.29, 0.717) is 15.6 Å². The average Bonchev–Trinajstić information content (AvgIpc) is 3.22. The second-order valence-electron chi connectivity index (χ2n) is 7.87. The third kappa shape index (κ3) is 4.03. The molecule has 5 rings (SSSR count). The highest BCUT2D eigenvalue weighted by Gasteiger charge is 2.18. The number of nitrogens with one attached hydrogen (secondary N) is 2. The summed E-state index contributed by atoms with van der Waals surface area (Å²) in [6.07, 6.45) is 1.94. The summed E-state index contributed by atoms with van der Waals surface area (Å²) in [6.45, 7) is 1.91. The Kier molecular flexibility index (Phi) is 5.71. The topological polar surface area (TPSA) is 64.5 Å². The second-order valence-corrected chi connectivity index (χ2v) is 8.68. The molecule has 32 heavy (non-hydrogen) atoms. The molecule has 0 bridgehead atoms. The van der Waals surface area contributed by atoms with Crippen molar-refractivity contribution in [2.75, 3.05) is 13.1 Å². The van der Waals surface area contributed by atoms with E-state index in [-0.39, 0.29) is 0 Å². The number of nitrogens with zero attached hydrogens (tertiary/aromatic N) is 2. The molecule has 158 valence electrons. The SMILES string of the molecule is N#Cc1cccc(-c2ccc(C(=C3CCNCC3)c3nc4cc(Cl)c(Cl)cc4[nH]3)cc2)c1. The Morgan fingerprint density at radius 1 is 0.906 bits per heavy atom. The predicted molar refractivity (Wildman–Crippen MR) is 131 cm³/mol. The molecular weight excluding hydrogens is 439 g/mol. The maximum absolute atomic E-state index is 9.20. The molecule has 0 saturated carbocycles. The Balaban J connectivity index is 1.60. The first-order valence-corrected chi connectivity index (χ1v) is 11.3. The van der Waals surface area contributed by atoms with Gasteiger partial charge < -0.3 is 10.3 Å². The molecule has 0 unspecified atom stereocenters. The largest absolute Gasteiger partial charge is 0.338 e. The molecule has 2 N–H and O–H groups in total. The van der Waals surface area contributed by atoms with Gasteiger partial charge in [-0.2, -0.15) is 5.26 Å². The van der Waals surface area contributed by atoms with E-state index < -0.39 is 0 Å². The van der Waals surface area contributed by atoms with Gasteiger partial charge in [0.15, 0.2) is 0 Å². The van der Waals surface area contributed by atoms with Crippen molar-refractivity contribution in [3.63, 3.8) is 0 Å². The molecule has 1 aromatic heterocycles. The lowest BCUT2D eigenvalue weighted by atomic mass is 9.92. The van der Waals surface area contributed by atoms with Crippen LogP contribution in [0.4, 0.5) is 0 Å². The smallest absolute Gasteiger partial charge is 0.139 e. The molecule has 6 heteroatoms. The molecule has 2 heterocycles. The summed E-state index contributed by atoms with van der Waals surface area (Å²) < 4.78 is 0. The van der Waals surface area contributed by atoms with Crippen LogP contribution in [-0.2, 0) is 0 Å². The van der Waals surface area contributed by atoms with Crippen molar-refractivity contribution in [2.45, 2.75) is 12.8 Å². The molecule has 0 spiro atoms. The molecule has 3 aromatic carbocycles. The quantitative estimate of drug-likeness (QED) is 0.363. The van der Waals surface area contributed by atoms with Crippen LogP contribution in [0.5, 0.6) is 0 Å². The van der Waals surface area contributed by atoms with Gasteiger partial charge in [0.05, 0.1) is 32.7 Å². The minimum absolute atomic E-state index is 0.497. The zero-order valence-corrected chi connectivity index (χ0v) is 18.8. The maximum Gasteiger partial charge on any atom is 0.139 e. The molecule has 1 aliphatic heterocycles. The Hall–Kier alpha value is -3.10. The van der Waals surface area contributed by atoms with Crippen LogP contribution in [0.1, 0.15) is 29.8 Å². The van der Waals surface area contributed by atoms with Crippen molar-refractivity contribution in [1.82, 2.24) is 15.3 Å². The van der Waals surface area contributed by atoms with Crippen molar-refractivity contribution < 1.29 is 0 Å². The fourth-order valence-corrected chi connectivity index (χ4v) is 4.53. The normalized spacial score (nSPS) is 13.8. The number of hydrogen-bond acceptors (Lipinski definition) is 3. The van der Waals surface area contributed by atoms with E-state index in [1.165, 1.54) is 5.57 Å². The zero-order chi connectivity index (χ0) is 22.1. The number of rotatable bonds is 3. The molecule has 0 radical (unpaired) electrons. The third-order valence-corrected chi connectivity index (χ3v) is 6.54.